The lowest BCUT2D eigenvalue weighted by molar-refractivity contribution is 0.262. The molecule has 0 spiro atoms. The molecule has 1 aliphatic rings. The largest absolute Gasteiger partial charge is 0.396 e. The van der Waals surface area contributed by atoms with Crippen molar-refractivity contribution in [2.45, 2.75) is 31.7 Å². The second-order valence-corrected chi connectivity index (χ2v) is 4.66. The van der Waals surface area contributed by atoms with Crippen LogP contribution in [0.1, 0.15) is 25.7 Å². The molecule has 2 heterocycles. The van der Waals surface area contributed by atoms with Crippen LogP contribution in [0, 0.1) is 0 Å². The van der Waals surface area contributed by atoms with Crippen LogP contribution in [-0.2, 0) is 0 Å². The average molecular weight is 257 g/mol. The molecule has 0 radical (unpaired) electrons. The number of hydrogen-bond donors (Lipinski definition) is 2. The first-order valence-electron chi connectivity index (χ1n) is 5.88. The number of aliphatic hydroxyl groups excluding tert-OH is 1. The van der Waals surface area contributed by atoms with Gasteiger partial charge in [-0.2, -0.15) is 4.98 Å². The highest BCUT2D eigenvalue weighted by Gasteiger charge is 2.25. The number of aliphatic hydroxyl groups is 1. The fraction of sp³-hybridized carbons (Fsp3) is 0.636. The van der Waals surface area contributed by atoms with Crippen LogP contribution in [0.3, 0.4) is 0 Å². The zero-order chi connectivity index (χ0) is 12.3. The van der Waals surface area contributed by atoms with Gasteiger partial charge in [0, 0.05) is 19.2 Å². The molecule has 1 unspecified atom stereocenters. The zero-order valence-corrected chi connectivity index (χ0v) is 10.4. The average Bonchev–Trinajstić information content (AvgIpc) is 2.34. The van der Waals surface area contributed by atoms with Gasteiger partial charge >= 0.3 is 0 Å². The molecule has 1 aromatic heterocycles. The Balaban J connectivity index is 2.25. The van der Waals surface area contributed by atoms with E-state index in [4.69, 9.17) is 22.4 Å². The lowest BCUT2D eigenvalue weighted by atomic mass is 10.00. The van der Waals surface area contributed by atoms with Gasteiger partial charge in [0.15, 0.2) is 5.82 Å². The summed E-state index contributed by atoms with van der Waals surface area (Å²) in [7, 11) is 0. The van der Waals surface area contributed by atoms with Crippen LogP contribution in [0.15, 0.2) is 6.20 Å². The number of anilines is 2. The molecule has 0 saturated carbocycles. The van der Waals surface area contributed by atoms with E-state index in [1.165, 1.54) is 12.6 Å². The number of piperidine rings is 1. The number of halogens is 1. The molecule has 1 atom stereocenters. The van der Waals surface area contributed by atoms with Gasteiger partial charge in [0.1, 0.15) is 5.02 Å². The van der Waals surface area contributed by atoms with Crippen LogP contribution in [-0.4, -0.2) is 34.3 Å². The van der Waals surface area contributed by atoms with E-state index in [0.29, 0.717) is 16.9 Å². The molecule has 6 heteroatoms. The van der Waals surface area contributed by atoms with Gasteiger partial charge in [-0.3, -0.25) is 0 Å². The Bertz CT molecular complexity index is 386. The third-order valence-corrected chi connectivity index (χ3v) is 3.37. The van der Waals surface area contributed by atoms with Crippen molar-refractivity contribution in [3.63, 3.8) is 0 Å². The van der Waals surface area contributed by atoms with Crippen molar-refractivity contribution < 1.29 is 5.11 Å². The first kappa shape index (κ1) is 12.4. The third kappa shape index (κ3) is 2.79. The highest BCUT2D eigenvalue weighted by Crippen LogP contribution is 2.30. The molecule has 0 amide bonds. The fourth-order valence-corrected chi connectivity index (χ4v) is 2.50. The molecule has 3 N–H and O–H groups in total. The second-order valence-electron chi connectivity index (χ2n) is 4.26. The summed E-state index contributed by atoms with van der Waals surface area (Å²) in [6.07, 6.45) is 5.62. The molecule has 1 saturated heterocycles. The summed E-state index contributed by atoms with van der Waals surface area (Å²) in [6, 6.07) is 0.292. The minimum atomic E-state index is 0.180. The van der Waals surface area contributed by atoms with Gasteiger partial charge in [-0.1, -0.05) is 11.6 Å². The van der Waals surface area contributed by atoms with E-state index in [0.717, 1.165) is 25.8 Å². The van der Waals surface area contributed by atoms with Crippen molar-refractivity contribution in [2.24, 2.45) is 0 Å². The van der Waals surface area contributed by atoms with Gasteiger partial charge in [0.05, 0.1) is 6.20 Å². The molecule has 5 nitrogen and oxygen atoms in total. The summed E-state index contributed by atoms with van der Waals surface area (Å²) < 4.78 is 0. The van der Waals surface area contributed by atoms with Gasteiger partial charge in [-0.05, 0) is 25.7 Å². The summed E-state index contributed by atoms with van der Waals surface area (Å²) in [5.41, 5.74) is 5.60. The van der Waals surface area contributed by atoms with Crippen LogP contribution < -0.4 is 10.6 Å². The number of nitrogens with zero attached hydrogens (tertiary/aromatic N) is 3. The Morgan fingerprint density at radius 2 is 2.35 bits per heavy atom. The van der Waals surface area contributed by atoms with Crippen molar-refractivity contribution in [2.75, 3.05) is 23.8 Å². The van der Waals surface area contributed by atoms with Gasteiger partial charge in [-0.15, -0.1) is 0 Å². The molecule has 1 aromatic rings. The van der Waals surface area contributed by atoms with E-state index in [1.807, 2.05) is 0 Å². The topological polar surface area (TPSA) is 75.3 Å². The monoisotopic (exact) mass is 256 g/mol. The summed E-state index contributed by atoms with van der Waals surface area (Å²) in [4.78, 5) is 10.2. The van der Waals surface area contributed by atoms with E-state index in [9.17, 15) is 0 Å². The van der Waals surface area contributed by atoms with E-state index in [-0.39, 0.29) is 12.6 Å². The van der Waals surface area contributed by atoms with Crippen molar-refractivity contribution in [3.8, 4) is 0 Å². The van der Waals surface area contributed by atoms with Crippen molar-refractivity contribution in [1.29, 1.82) is 0 Å². The van der Waals surface area contributed by atoms with Crippen molar-refractivity contribution in [3.05, 3.63) is 11.2 Å². The number of hydrogen-bond acceptors (Lipinski definition) is 5. The van der Waals surface area contributed by atoms with Gasteiger partial charge in [0.2, 0.25) is 5.95 Å². The van der Waals surface area contributed by atoms with Gasteiger partial charge < -0.3 is 15.7 Å². The maximum atomic E-state index is 9.09. The number of nitrogen functional groups attached to an aromatic ring is 1. The first-order chi connectivity index (χ1) is 8.22. The summed E-state index contributed by atoms with van der Waals surface area (Å²) in [5.74, 6) is 0.926. The summed E-state index contributed by atoms with van der Waals surface area (Å²) in [5, 5.41) is 9.61. The van der Waals surface area contributed by atoms with Gasteiger partial charge in [-0.25, -0.2) is 4.98 Å². The lowest BCUT2D eigenvalue weighted by Gasteiger charge is -2.36. The Labute approximate surface area is 106 Å². The van der Waals surface area contributed by atoms with E-state index < -0.39 is 0 Å². The minimum absolute atomic E-state index is 0.180. The Hall–Kier alpha value is -1.07. The minimum Gasteiger partial charge on any atom is -0.396 e. The Morgan fingerprint density at radius 1 is 1.53 bits per heavy atom. The molecule has 1 aliphatic heterocycles. The maximum absolute atomic E-state index is 9.09. The van der Waals surface area contributed by atoms with Crippen molar-refractivity contribution in [1.82, 2.24) is 9.97 Å². The van der Waals surface area contributed by atoms with E-state index in [2.05, 4.69) is 14.9 Å². The highest BCUT2D eigenvalue weighted by atomic mass is 35.5. The fourth-order valence-electron chi connectivity index (χ4n) is 2.30. The summed E-state index contributed by atoms with van der Waals surface area (Å²) in [6.45, 7) is 1.08. The molecule has 0 aromatic carbocycles. The molecule has 17 heavy (non-hydrogen) atoms. The molecule has 94 valence electrons. The predicted octanol–water partition coefficient (Wildman–Crippen LogP) is 1.45. The van der Waals surface area contributed by atoms with E-state index in [1.54, 1.807) is 0 Å². The van der Waals surface area contributed by atoms with Gasteiger partial charge in [0.25, 0.3) is 0 Å². The lowest BCUT2D eigenvalue weighted by Crippen LogP contribution is -2.41. The maximum Gasteiger partial charge on any atom is 0.222 e. The molecule has 1 fully saturated rings. The Kier molecular flexibility index (Phi) is 4.02. The summed E-state index contributed by atoms with van der Waals surface area (Å²) >= 11 is 6.11. The third-order valence-electron chi connectivity index (χ3n) is 3.11. The molecule has 0 bridgehead atoms. The molecule has 0 aliphatic carbocycles. The smallest absolute Gasteiger partial charge is 0.222 e. The van der Waals surface area contributed by atoms with Crippen LogP contribution in [0.4, 0.5) is 11.8 Å². The number of nitrogens with two attached hydrogens (primary N) is 1. The highest BCUT2D eigenvalue weighted by molar-refractivity contribution is 6.32. The molecular weight excluding hydrogens is 240 g/mol. The second kappa shape index (κ2) is 5.51. The zero-order valence-electron chi connectivity index (χ0n) is 9.64. The predicted molar refractivity (Wildman–Crippen MR) is 68.1 cm³/mol. The van der Waals surface area contributed by atoms with Crippen molar-refractivity contribution >= 4 is 23.4 Å². The molecular formula is C11H17ClN4O. The Morgan fingerprint density at radius 3 is 3.12 bits per heavy atom. The number of aromatic nitrogens is 2. The van der Waals surface area contributed by atoms with Crippen LogP contribution >= 0.6 is 11.6 Å². The standard InChI is InChI=1S/C11H17ClN4O/c12-9-7-14-11(13)15-10(9)16-5-2-1-3-8(16)4-6-17/h7-8,17H,1-6H2,(H2,13,14,15). The van der Waals surface area contributed by atoms with E-state index >= 15 is 0 Å². The van der Waals surface area contributed by atoms with Crippen LogP contribution in [0.2, 0.25) is 5.02 Å². The normalized spacial score (nSPS) is 20.6. The number of rotatable bonds is 3. The quantitative estimate of drug-likeness (QED) is 0.856. The van der Waals surface area contributed by atoms with Crippen LogP contribution in [0.5, 0.6) is 0 Å². The molecule has 2 rings (SSSR count). The first-order valence-corrected chi connectivity index (χ1v) is 6.25. The SMILES string of the molecule is Nc1ncc(Cl)c(N2CCCCC2CCO)n1. The van der Waals surface area contributed by atoms with Crippen LogP contribution in [0.25, 0.3) is 0 Å².